The van der Waals surface area contributed by atoms with Crippen LogP contribution in [0.5, 0.6) is 6.01 Å². The molecule has 0 bridgehead atoms. The molecule has 0 aromatic carbocycles. The van der Waals surface area contributed by atoms with Crippen LogP contribution in [0.25, 0.3) is 0 Å². The second-order valence-corrected chi connectivity index (χ2v) is 3.75. The van der Waals surface area contributed by atoms with Gasteiger partial charge in [-0.2, -0.15) is 4.98 Å². The van der Waals surface area contributed by atoms with Crippen molar-refractivity contribution in [2.45, 2.75) is 0 Å². The first kappa shape index (κ1) is 11.7. The summed E-state index contributed by atoms with van der Waals surface area (Å²) in [7, 11) is 1.42. The van der Waals surface area contributed by atoms with E-state index in [1.54, 1.807) is 0 Å². The van der Waals surface area contributed by atoms with Crippen LogP contribution >= 0.6 is 23.2 Å². The van der Waals surface area contributed by atoms with Crippen molar-refractivity contribution in [1.29, 1.82) is 0 Å². The number of carbonyl (C=O) groups is 1. The van der Waals surface area contributed by atoms with E-state index in [1.165, 1.54) is 13.2 Å². The number of nitrogens with one attached hydrogen (secondary N) is 3. The predicted octanol–water partition coefficient (Wildman–Crippen LogP) is 1.70. The molecule has 0 spiro atoms. The topological polar surface area (TPSA) is 95.7 Å². The van der Waals surface area contributed by atoms with Gasteiger partial charge in [0.1, 0.15) is 10.8 Å². The van der Waals surface area contributed by atoms with Gasteiger partial charge in [-0.1, -0.05) is 23.2 Å². The number of aromatic nitrogens is 4. The van der Waals surface area contributed by atoms with Gasteiger partial charge in [0.25, 0.3) is 5.91 Å². The molecular formula is C8H7Cl2N5O2. The zero-order valence-electron chi connectivity index (χ0n) is 8.54. The first-order chi connectivity index (χ1) is 8.10. The monoisotopic (exact) mass is 275 g/mol. The zero-order chi connectivity index (χ0) is 12.4. The van der Waals surface area contributed by atoms with E-state index in [0.29, 0.717) is 0 Å². The largest absolute Gasteiger partial charge is 0.466 e. The Kier molecular flexibility index (Phi) is 3.21. The highest BCUT2D eigenvalue weighted by atomic mass is 35.5. The highest BCUT2D eigenvalue weighted by molar-refractivity contribution is 6.41. The van der Waals surface area contributed by atoms with E-state index < -0.39 is 5.91 Å². The smallest absolute Gasteiger partial charge is 0.336 e. The van der Waals surface area contributed by atoms with Crippen molar-refractivity contribution in [3.05, 3.63) is 21.9 Å². The van der Waals surface area contributed by atoms with Gasteiger partial charge in [-0.3, -0.25) is 10.1 Å². The first-order valence-corrected chi connectivity index (χ1v) is 5.17. The molecule has 0 unspecified atom stereocenters. The fourth-order valence-electron chi connectivity index (χ4n) is 1.09. The molecule has 0 atom stereocenters. The third-order valence-corrected chi connectivity index (χ3v) is 2.54. The summed E-state index contributed by atoms with van der Waals surface area (Å²) in [5.74, 6) is -0.286. The molecule has 0 aliphatic carbocycles. The van der Waals surface area contributed by atoms with E-state index in [-0.39, 0.29) is 27.8 Å². The van der Waals surface area contributed by atoms with Gasteiger partial charge in [0.05, 0.1) is 12.1 Å². The molecule has 17 heavy (non-hydrogen) atoms. The lowest BCUT2D eigenvalue weighted by Crippen LogP contribution is -2.13. The van der Waals surface area contributed by atoms with Crippen LogP contribution in [0.4, 0.5) is 5.95 Å². The van der Waals surface area contributed by atoms with Gasteiger partial charge >= 0.3 is 6.01 Å². The minimum Gasteiger partial charge on any atom is -0.466 e. The number of ether oxygens (including phenoxy) is 1. The number of hydrogen-bond donors (Lipinski definition) is 3. The van der Waals surface area contributed by atoms with E-state index in [0.717, 1.165) is 0 Å². The molecule has 3 N–H and O–H groups in total. The molecule has 0 aliphatic heterocycles. The Hall–Kier alpha value is -1.73. The molecule has 1 amide bonds. The van der Waals surface area contributed by atoms with E-state index in [9.17, 15) is 4.79 Å². The quantitative estimate of drug-likeness (QED) is 0.795. The molecule has 2 heterocycles. The van der Waals surface area contributed by atoms with Gasteiger partial charge in [0, 0.05) is 0 Å². The number of amides is 1. The van der Waals surface area contributed by atoms with Gasteiger partial charge in [-0.25, -0.2) is 5.10 Å². The maximum atomic E-state index is 11.7. The average Bonchev–Trinajstić information content (AvgIpc) is 2.87. The maximum absolute atomic E-state index is 11.7. The molecule has 0 fully saturated rings. The van der Waals surface area contributed by atoms with Crippen LogP contribution in [0.3, 0.4) is 0 Å². The number of methoxy groups -OCH3 is 1. The van der Waals surface area contributed by atoms with E-state index in [1.807, 2.05) is 0 Å². The van der Waals surface area contributed by atoms with Crippen LogP contribution in [0, 0.1) is 0 Å². The van der Waals surface area contributed by atoms with Crippen LogP contribution < -0.4 is 10.1 Å². The molecule has 2 aromatic heterocycles. The van der Waals surface area contributed by atoms with E-state index in [2.05, 4.69) is 25.5 Å². The average molecular weight is 276 g/mol. The summed E-state index contributed by atoms with van der Waals surface area (Å²) in [5.41, 5.74) is 0.218. The van der Waals surface area contributed by atoms with E-state index >= 15 is 0 Å². The van der Waals surface area contributed by atoms with Crippen molar-refractivity contribution in [2.75, 3.05) is 12.4 Å². The number of H-pyrrole nitrogens is 2. The SMILES string of the molecule is COc1n[nH]c(NC(=O)c2cc(Cl)c(Cl)[nH]2)n1. The van der Waals surface area contributed by atoms with Gasteiger partial charge in [0.2, 0.25) is 5.95 Å². The summed E-state index contributed by atoms with van der Waals surface area (Å²) < 4.78 is 4.75. The fourth-order valence-corrected chi connectivity index (χ4v) is 1.41. The predicted molar refractivity (Wildman–Crippen MR) is 61.7 cm³/mol. The molecule has 0 saturated heterocycles. The summed E-state index contributed by atoms with van der Waals surface area (Å²) >= 11 is 11.4. The van der Waals surface area contributed by atoms with Crippen LogP contribution in [-0.4, -0.2) is 33.2 Å². The van der Waals surface area contributed by atoms with Gasteiger partial charge in [0.15, 0.2) is 0 Å². The summed E-state index contributed by atoms with van der Waals surface area (Å²) in [6, 6.07) is 1.54. The Morgan fingerprint density at radius 2 is 2.29 bits per heavy atom. The van der Waals surface area contributed by atoms with Crippen molar-refractivity contribution in [2.24, 2.45) is 0 Å². The summed E-state index contributed by atoms with van der Waals surface area (Å²) in [5, 5.41) is 9.08. The number of hydrogen-bond acceptors (Lipinski definition) is 4. The van der Waals surface area contributed by atoms with Crippen molar-refractivity contribution in [3.63, 3.8) is 0 Å². The molecular weight excluding hydrogens is 269 g/mol. The Balaban J connectivity index is 2.11. The molecule has 90 valence electrons. The molecule has 0 saturated carbocycles. The number of halogens is 2. The first-order valence-electron chi connectivity index (χ1n) is 4.42. The second kappa shape index (κ2) is 4.64. The second-order valence-electron chi connectivity index (χ2n) is 2.97. The zero-order valence-corrected chi connectivity index (χ0v) is 10.1. The Morgan fingerprint density at radius 3 is 2.82 bits per heavy atom. The lowest BCUT2D eigenvalue weighted by Gasteiger charge is -1.97. The number of anilines is 1. The highest BCUT2D eigenvalue weighted by Crippen LogP contribution is 2.22. The number of rotatable bonds is 3. The lowest BCUT2D eigenvalue weighted by atomic mass is 10.4. The molecule has 9 heteroatoms. The molecule has 0 radical (unpaired) electrons. The van der Waals surface area contributed by atoms with Crippen LogP contribution in [0.15, 0.2) is 6.07 Å². The molecule has 0 aliphatic rings. The van der Waals surface area contributed by atoms with Gasteiger partial charge in [-0.15, -0.1) is 5.10 Å². The molecule has 2 aromatic rings. The van der Waals surface area contributed by atoms with Gasteiger partial charge < -0.3 is 9.72 Å². The Morgan fingerprint density at radius 1 is 1.53 bits per heavy atom. The Bertz CT molecular complexity index is 530. The minimum atomic E-state index is -0.447. The number of nitrogens with zero attached hydrogens (tertiary/aromatic N) is 2. The number of aromatic amines is 2. The number of carbonyl (C=O) groups excluding carboxylic acids is 1. The van der Waals surface area contributed by atoms with Crippen molar-refractivity contribution in [3.8, 4) is 6.01 Å². The third kappa shape index (κ3) is 2.51. The summed E-state index contributed by atoms with van der Waals surface area (Å²) in [4.78, 5) is 18.1. The summed E-state index contributed by atoms with van der Waals surface area (Å²) in [6.07, 6.45) is 0. The van der Waals surface area contributed by atoms with Crippen molar-refractivity contribution in [1.82, 2.24) is 20.2 Å². The van der Waals surface area contributed by atoms with Crippen LogP contribution in [0.2, 0.25) is 10.2 Å². The van der Waals surface area contributed by atoms with E-state index in [4.69, 9.17) is 27.9 Å². The highest BCUT2D eigenvalue weighted by Gasteiger charge is 2.13. The third-order valence-electron chi connectivity index (χ3n) is 1.85. The van der Waals surface area contributed by atoms with Crippen LogP contribution in [0.1, 0.15) is 10.5 Å². The van der Waals surface area contributed by atoms with Crippen molar-refractivity contribution >= 4 is 35.1 Å². The van der Waals surface area contributed by atoms with Crippen LogP contribution in [-0.2, 0) is 0 Å². The fraction of sp³-hybridized carbons (Fsp3) is 0.125. The molecule has 7 nitrogen and oxygen atoms in total. The standard InChI is InChI=1S/C8H7Cl2N5O2/c1-17-8-13-7(14-15-8)12-6(16)4-2-3(9)5(10)11-4/h2,11H,1H3,(H2,12,13,14,15,16). The Labute approximate surface area is 105 Å². The minimum absolute atomic E-state index is 0.128. The van der Waals surface area contributed by atoms with Crippen molar-refractivity contribution < 1.29 is 9.53 Å². The molecule has 2 rings (SSSR count). The maximum Gasteiger partial charge on any atom is 0.336 e. The lowest BCUT2D eigenvalue weighted by molar-refractivity contribution is 0.102. The van der Waals surface area contributed by atoms with Gasteiger partial charge in [-0.05, 0) is 6.07 Å². The normalized spacial score (nSPS) is 10.3. The summed E-state index contributed by atoms with van der Waals surface area (Å²) in [6.45, 7) is 0.